The van der Waals surface area contributed by atoms with E-state index in [4.69, 9.17) is 36.3 Å². The molecule has 2 atom stereocenters. The van der Waals surface area contributed by atoms with Gasteiger partial charge in [-0.15, -0.1) is 0 Å². The topological polar surface area (TPSA) is 130 Å². The Hall–Kier alpha value is -4.50. The van der Waals surface area contributed by atoms with Gasteiger partial charge in [-0.05, 0) is 71.0 Å². The van der Waals surface area contributed by atoms with Gasteiger partial charge in [-0.2, -0.15) is 13.2 Å². The van der Waals surface area contributed by atoms with Crippen molar-refractivity contribution in [3.05, 3.63) is 97.9 Å². The molecular formula is C33H33BClF6N7O. The second-order valence-electron chi connectivity index (χ2n) is 13.0. The molecule has 258 valence electrons. The Morgan fingerprint density at radius 3 is 2.24 bits per heavy atom. The number of halogens is 7. The van der Waals surface area contributed by atoms with E-state index in [1.807, 2.05) is 0 Å². The Morgan fingerprint density at radius 1 is 1.06 bits per heavy atom. The quantitative estimate of drug-likeness (QED) is 0.129. The number of aliphatic hydroxyl groups is 1. The van der Waals surface area contributed by atoms with E-state index in [9.17, 15) is 27.1 Å². The number of nitrogens with zero attached hydrogens (tertiary/aromatic N) is 2. The first-order valence-corrected chi connectivity index (χ1v) is 15.2. The van der Waals surface area contributed by atoms with Crippen LogP contribution in [0.2, 0.25) is 5.02 Å². The molecule has 2 unspecified atom stereocenters. The normalized spacial score (nSPS) is 17.6. The maximum atomic E-state index is 15.8. The first-order chi connectivity index (χ1) is 22.4. The van der Waals surface area contributed by atoms with Crippen LogP contribution in [0.3, 0.4) is 0 Å². The summed E-state index contributed by atoms with van der Waals surface area (Å²) in [4.78, 5) is 0. The highest BCUT2D eigenvalue weighted by Gasteiger charge is 2.43. The number of alkyl halides is 4. The minimum absolute atomic E-state index is 0.0337. The molecule has 0 saturated carbocycles. The van der Waals surface area contributed by atoms with Crippen LogP contribution < -0.4 is 38.2 Å². The molecular weight excluding hydrogens is 671 g/mol. The summed E-state index contributed by atoms with van der Waals surface area (Å²) < 4.78 is 89.2. The van der Waals surface area contributed by atoms with Crippen molar-refractivity contribution >= 4 is 53.9 Å². The van der Waals surface area contributed by atoms with Gasteiger partial charge in [0, 0.05) is 55.2 Å². The third kappa shape index (κ3) is 5.82. The number of anilines is 1. The molecule has 4 aromatic rings. The third-order valence-corrected chi connectivity index (χ3v) is 9.12. The number of hydrogen-bond acceptors (Lipinski definition) is 6. The molecule has 8 nitrogen and oxygen atoms in total. The van der Waals surface area contributed by atoms with Crippen molar-refractivity contribution in [3.8, 4) is 0 Å². The van der Waals surface area contributed by atoms with E-state index in [1.165, 1.54) is 57.4 Å². The number of rotatable bonds is 6. The van der Waals surface area contributed by atoms with Gasteiger partial charge in [-0.3, -0.25) is 9.98 Å². The molecule has 2 radical (unpaired) electrons. The van der Waals surface area contributed by atoms with Gasteiger partial charge in [0.15, 0.2) is 0 Å². The van der Waals surface area contributed by atoms with E-state index >= 15 is 4.39 Å². The molecule has 1 aliphatic rings. The fourth-order valence-corrected chi connectivity index (χ4v) is 6.35. The highest BCUT2D eigenvalue weighted by molar-refractivity contribution is 6.31. The molecule has 0 aliphatic carbocycles. The number of nitrogens with two attached hydrogens (primary N) is 2. The van der Waals surface area contributed by atoms with E-state index < -0.39 is 68.1 Å². The van der Waals surface area contributed by atoms with Gasteiger partial charge in [0.25, 0.3) is 0 Å². The van der Waals surface area contributed by atoms with Crippen molar-refractivity contribution in [2.45, 2.75) is 63.7 Å². The summed E-state index contributed by atoms with van der Waals surface area (Å²) in [6, 6.07) is 5.10. The predicted molar refractivity (Wildman–Crippen MR) is 178 cm³/mol. The molecule has 0 bridgehead atoms. The molecule has 3 aromatic carbocycles. The molecule has 1 aliphatic heterocycles. The van der Waals surface area contributed by atoms with Crippen LogP contribution >= 0.6 is 11.6 Å². The molecule has 1 aromatic heterocycles. The number of imidazole rings is 1. The Kier molecular flexibility index (Phi) is 8.44. The number of benzene rings is 3. The number of fused-ring (bicyclic) bond motifs is 3. The molecule has 5 rings (SSSR count). The average molecular weight is 704 g/mol. The van der Waals surface area contributed by atoms with Crippen LogP contribution in [0.25, 0.3) is 28.8 Å². The van der Waals surface area contributed by atoms with E-state index in [0.717, 1.165) is 16.7 Å². The highest BCUT2D eigenvalue weighted by Crippen LogP contribution is 2.47. The number of aromatic nitrogens is 2. The smallest absolute Gasteiger partial charge is 0.404 e. The number of nitrogens with one attached hydrogen (secondary N) is 3. The van der Waals surface area contributed by atoms with Gasteiger partial charge < -0.3 is 31.8 Å². The predicted octanol–water partition coefficient (Wildman–Crippen LogP) is 4.64. The second-order valence-corrected chi connectivity index (χ2v) is 13.4. The van der Waals surface area contributed by atoms with Crippen LogP contribution in [0.15, 0.2) is 43.0 Å². The van der Waals surface area contributed by atoms with E-state index in [2.05, 4.69) is 17.2 Å². The van der Waals surface area contributed by atoms with Crippen LogP contribution in [0.1, 0.15) is 62.9 Å². The first kappa shape index (κ1) is 35.8. The van der Waals surface area contributed by atoms with Crippen LogP contribution in [-0.4, -0.2) is 27.8 Å². The van der Waals surface area contributed by atoms with Gasteiger partial charge in [-0.1, -0.05) is 18.2 Å². The first-order valence-electron chi connectivity index (χ1n) is 14.8. The van der Waals surface area contributed by atoms with E-state index in [-0.39, 0.29) is 50.2 Å². The highest BCUT2D eigenvalue weighted by atomic mass is 35.5. The molecule has 49 heavy (non-hydrogen) atoms. The summed E-state index contributed by atoms with van der Waals surface area (Å²) in [7, 11) is 6.59. The SMILES string of the molecule is [B]C(C)(n1c(=N)n(C(C)(C)O)c2c3c(c(N/C(N)=c4\cc(F)cc(C(F)(F)F)\c4=C\N)cc21)C(c1cc(F)ccc1Cl)NC3=C)C(C)(C)F. The van der Waals surface area contributed by atoms with E-state index in [0.29, 0.717) is 6.20 Å². The molecule has 8 N–H and O–H groups in total. The van der Waals surface area contributed by atoms with Gasteiger partial charge in [0.05, 0.1) is 22.6 Å². The molecule has 2 heterocycles. The van der Waals surface area contributed by atoms with Crippen molar-refractivity contribution in [2.24, 2.45) is 11.5 Å². The van der Waals surface area contributed by atoms with Crippen LogP contribution in [0, 0.1) is 17.0 Å². The minimum atomic E-state index is -5.00. The monoisotopic (exact) mass is 703 g/mol. The van der Waals surface area contributed by atoms with Crippen molar-refractivity contribution in [3.63, 3.8) is 0 Å². The van der Waals surface area contributed by atoms with Gasteiger partial charge >= 0.3 is 6.18 Å². The molecule has 0 amide bonds. The zero-order valence-electron chi connectivity index (χ0n) is 27.0. The summed E-state index contributed by atoms with van der Waals surface area (Å²) >= 11 is 6.53. The Morgan fingerprint density at radius 2 is 1.69 bits per heavy atom. The lowest BCUT2D eigenvalue weighted by atomic mass is 9.68. The largest absolute Gasteiger partial charge is 0.417 e. The number of hydrogen-bond donors (Lipinski definition) is 6. The Balaban J connectivity index is 2.00. The van der Waals surface area contributed by atoms with Gasteiger partial charge in [0.1, 0.15) is 36.7 Å². The minimum Gasteiger partial charge on any atom is -0.404 e. The van der Waals surface area contributed by atoms with Crippen molar-refractivity contribution in [1.29, 1.82) is 5.41 Å². The zero-order chi connectivity index (χ0) is 36.8. The van der Waals surface area contributed by atoms with Gasteiger partial charge in [0.2, 0.25) is 5.62 Å². The van der Waals surface area contributed by atoms with Crippen molar-refractivity contribution in [1.82, 2.24) is 14.5 Å². The van der Waals surface area contributed by atoms with Crippen LogP contribution in [-0.2, 0) is 17.3 Å². The van der Waals surface area contributed by atoms with Crippen molar-refractivity contribution < 1.29 is 31.4 Å². The van der Waals surface area contributed by atoms with Crippen molar-refractivity contribution in [2.75, 3.05) is 5.32 Å². The average Bonchev–Trinajstić information content (AvgIpc) is 3.46. The summed E-state index contributed by atoms with van der Waals surface area (Å²) in [5.74, 6) is -2.37. The molecule has 16 heteroatoms. The summed E-state index contributed by atoms with van der Waals surface area (Å²) in [6.07, 6.45) is -4.35. The van der Waals surface area contributed by atoms with E-state index in [1.54, 1.807) is 0 Å². The Labute approximate surface area is 283 Å². The lowest BCUT2D eigenvalue weighted by molar-refractivity contribution is -0.138. The van der Waals surface area contributed by atoms with Crippen LogP contribution in [0.5, 0.6) is 0 Å². The van der Waals surface area contributed by atoms with Crippen LogP contribution in [0.4, 0.5) is 32.0 Å². The summed E-state index contributed by atoms with van der Waals surface area (Å²) in [5.41, 5.74) is 5.46. The summed E-state index contributed by atoms with van der Waals surface area (Å²) in [5, 5.41) is 25.6. The molecule has 0 fully saturated rings. The fourth-order valence-electron chi connectivity index (χ4n) is 6.12. The maximum absolute atomic E-state index is 15.8. The lowest BCUT2D eigenvalue weighted by Crippen LogP contribution is -2.52. The third-order valence-electron chi connectivity index (χ3n) is 8.78. The Bertz CT molecular complexity index is 2230. The lowest BCUT2D eigenvalue weighted by Gasteiger charge is -2.37. The zero-order valence-corrected chi connectivity index (χ0v) is 27.8. The molecule has 0 spiro atoms. The summed E-state index contributed by atoms with van der Waals surface area (Å²) in [6.45, 7) is 10.7. The second kappa shape index (κ2) is 11.5. The standard InChI is InChI=1S/C33H33BClF6N7O/c1-14-24-25(26(45-14)18-9-15(36)7-8-21(18)35)22(46-28(43)17-10-16(37)11-20(19(17)13-42)33(39,40)41)12-23-27(24)48(31(4,5)49)29(44)47(23)32(6,34)30(2,3)38/h7-13,26,44-46,49H,1,42-43H2,2-6H3/b19-13+,28-17+,44-29?. The maximum Gasteiger partial charge on any atom is 0.417 e. The van der Waals surface area contributed by atoms with Gasteiger partial charge in [-0.25, -0.2) is 13.2 Å². The fraction of sp³-hybridized carbons (Fsp3) is 0.303. The molecule has 0 saturated heterocycles.